The highest BCUT2D eigenvalue weighted by Crippen LogP contribution is 2.34. The second-order valence-corrected chi connectivity index (χ2v) is 5.68. The predicted molar refractivity (Wildman–Crippen MR) is 94.4 cm³/mol. The Balaban J connectivity index is 1.46. The summed E-state index contributed by atoms with van der Waals surface area (Å²) < 4.78 is 37.8. The highest BCUT2D eigenvalue weighted by molar-refractivity contribution is 6.04. The summed E-state index contributed by atoms with van der Waals surface area (Å²) in [4.78, 5) is 16.3. The predicted octanol–water partition coefficient (Wildman–Crippen LogP) is 4.08. The molecule has 2 aromatic carbocycles. The number of ether oxygens (including phenoxy) is 2. The molecule has 0 radical (unpaired) electrons. The Labute approximate surface area is 152 Å². The van der Waals surface area contributed by atoms with Gasteiger partial charge in [0.25, 0.3) is 5.91 Å². The van der Waals surface area contributed by atoms with E-state index < -0.39 is 23.2 Å². The lowest BCUT2D eigenvalue weighted by Gasteiger charge is -2.09. The lowest BCUT2D eigenvalue weighted by Crippen LogP contribution is -2.14. The van der Waals surface area contributed by atoms with Crippen molar-refractivity contribution >= 4 is 23.1 Å². The van der Waals surface area contributed by atoms with Crippen LogP contribution in [0.25, 0.3) is 0 Å². The average molecular weight is 369 g/mol. The van der Waals surface area contributed by atoms with Crippen molar-refractivity contribution in [3.8, 4) is 11.5 Å². The highest BCUT2D eigenvalue weighted by atomic mass is 19.1. The van der Waals surface area contributed by atoms with Crippen LogP contribution in [-0.4, -0.2) is 17.7 Å². The van der Waals surface area contributed by atoms with Gasteiger partial charge < -0.3 is 20.1 Å². The number of nitrogens with zero attached hydrogens (tertiary/aromatic N) is 1. The highest BCUT2D eigenvalue weighted by Gasteiger charge is 2.15. The summed E-state index contributed by atoms with van der Waals surface area (Å²) in [6.45, 7) is 0.184. The molecule has 3 aromatic rings. The summed E-state index contributed by atoms with van der Waals surface area (Å²) >= 11 is 0. The van der Waals surface area contributed by atoms with E-state index in [1.165, 1.54) is 18.3 Å². The topological polar surface area (TPSA) is 72.5 Å². The zero-order valence-corrected chi connectivity index (χ0v) is 13.8. The molecular weight excluding hydrogens is 356 g/mol. The Morgan fingerprint density at radius 1 is 1.00 bits per heavy atom. The van der Waals surface area contributed by atoms with Crippen molar-refractivity contribution in [3.63, 3.8) is 0 Å². The second-order valence-electron chi connectivity index (χ2n) is 5.68. The summed E-state index contributed by atoms with van der Waals surface area (Å²) in [5.74, 6) is -0.581. The van der Waals surface area contributed by atoms with E-state index in [-0.39, 0.29) is 12.4 Å². The molecule has 0 atom stereocenters. The molecule has 136 valence electrons. The fraction of sp³-hybridized carbons (Fsp3) is 0.0526. The molecule has 6 nitrogen and oxygen atoms in total. The summed E-state index contributed by atoms with van der Waals surface area (Å²) in [6, 6.07) is 11.8. The van der Waals surface area contributed by atoms with Gasteiger partial charge in [-0.25, -0.2) is 13.8 Å². The van der Waals surface area contributed by atoms with E-state index in [1.807, 2.05) is 0 Å². The van der Waals surface area contributed by atoms with E-state index in [9.17, 15) is 13.6 Å². The normalized spacial score (nSPS) is 11.9. The molecule has 27 heavy (non-hydrogen) atoms. The fourth-order valence-corrected chi connectivity index (χ4v) is 2.53. The molecule has 8 heteroatoms. The summed E-state index contributed by atoms with van der Waals surface area (Å²) in [6.07, 6.45) is 1.31. The fourth-order valence-electron chi connectivity index (χ4n) is 2.53. The number of aromatic nitrogens is 1. The Morgan fingerprint density at radius 3 is 2.52 bits per heavy atom. The van der Waals surface area contributed by atoms with Crippen molar-refractivity contribution in [2.75, 3.05) is 17.4 Å². The molecule has 0 aliphatic carbocycles. The number of hydrogen-bond donors (Lipinski definition) is 2. The molecule has 4 rings (SSSR count). The molecule has 1 aromatic heterocycles. The van der Waals surface area contributed by atoms with Gasteiger partial charge in [-0.05, 0) is 36.4 Å². The molecule has 2 N–H and O–H groups in total. The largest absolute Gasteiger partial charge is 0.454 e. The summed E-state index contributed by atoms with van der Waals surface area (Å²) in [7, 11) is 0. The number of pyridine rings is 1. The smallest absolute Gasteiger partial charge is 0.257 e. The van der Waals surface area contributed by atoms with Crippen LogP contribution in [0.1, 0.15) is 10.4 Å². The lowest BCUT2D eigenvalue weighted by atomic mass is 10.2. The van der Waals surface area contributed by atoms with Crippen molar-refractivity contribution in [1.29, 1.82) is 0 Å². The third kappa shape index (κ3) is 3.50. The minimum absolute atomic E-state index is 0.161. The number of carbonyl (C=O) groups is 1. The van der Waals surface area contributed by atoms with Gasteiger partial charge in [-0.2, -0.15) is 0 Å². The van der Waals surface area contributed by atoms with Crippen LogP contribution < -0.4 is 20.1 Å². The van der Waals surface area contributed by atoms with E-state index in [0.29, 0.717) is 17.3 Å². The second kappa shape index (κ2) is 6.91. The van der Waals surface area contributed by atoms with Gasteiger partial charge in [0.15, 0.2) is 11.5 Å². The molecule has 1 amide bonds. The maximum Gasteiger partial charge on any atom is 0.257 e. The monoisotopic (exact) mass is 369 g/mol. The van der Waals surface area contributed by atoms with Crippen LogP contribution in [0.4, 0.5) is 26.0 Å². The van der Waals surface area contributed by atoms with E-state index in [0.717, 1.165) is 17.8 Å². The number of rotatable bonds is 4. The standard InChI is InChI=1S/C19H13F2N3O3/c20-13-2-1-3-14(21)18(13)24-19(25)11-4-7-17(22-9-11)23-12-5-6-15-16(8-12)27-10-26-15/h1-9H,10H2,(H,22,23)(H,24,25). The van der Waals surface area contributed by atoms with Crippen molar-refractivity contribution in [1.82, 2.24) is 4.98 Å². The van der Waals surface area contributed by atoms with Crippen LogP contribution in [0, 0.1) is 11.6 Å². The third-order valence-corrected chi connectivity index (χ3v) is 3.87. The molecule has 0 saturated heterocycles. The minimum atomic E-state index is -0.850. The maximum atomic E-state index is 13.6. The summed E-state index contributed by atoms with van der Waals surface area (Å²) in [5.41, 5.74) is 0.399. The zero-order valence-electron chi connectivity index (χ0n) is 13.8. The average Bonchev–Trinajstić information content (AvgIpc) is 3.13. The first-order valence-corrected chi connectivity index (χ1v) is 7.98. The first kappa shape index (κ1) is 16.8. The molecule has 1 aliphatic heterocycles. The van der Waals surface area contributed by atoms with Gasteiger partial charge >= 0.3 is 0 Å². The zero-order chi connectivity index (χ0) is 18.8. The van der Waals surface area contributed by atoms with Crippen molar-refractivity contribution in [2.45, 2.75) is 0 Å². The quantitative estimate of drug-likeness (QED) is 0.725. The Hall–Kier alpha value is -3.68. The number of halogens is 2. The van der Waals surface area contributed by atoms with Crippen molar-refractivity contribution in [3.05, 3.63) is 71.9 Å². The van der Waals surface area contributed by atoms with E-state index >= 15 is 0 Å². The van der Waals surface area contributed by atoms with Gasteiger partial charge in [0.2, 0.25) is 6.79 Å². The lowest BCUT2D eigenvalue weighted by molar-refractivity contribution is 0.102. The molecule has 0 unspecified atom stereocenters. The van der Waals surface area contributed by atoms with E-state index in [2.05, 4.69) is 15.6 Å². The van der Waals surface area contributed by atoms with Gasteiger partial charge in [-0.1, -0.05) is 6.07 Å². The Morgan fingerprint density at radius 2 is 1.78 bits per heavy atom. The van der Waals surface area contributed by atoms with Crippen LogP contribution in [0.3, 0.4) is 0 Å². The van der Waals surface area contributed by atoms with Crippen LogP contribution in [0.5, 0.6) is 11.5 Å². The minimum Gasteiger partial charge on any atom is -0.454 e. The Bertz CT molecular complexity index is 989. The van der Waals surface area contributed by atoms with Crippen LogP contribution in [-0.2, 0) is 0 Å². The van der Waals surface area contributed by atoms with Gasteiger partial charge in [0.05, 0.1) is 5.56 Å². The third-order valence-electron chi connectivity index (χ3n) is 3.87. The molecule has 2 heterocycles. The van der Waals surface area contributed by atoms with Crippen LogP contribution in [0.2, 0.25) is 0 Å². The maximum absolute atomic E-state index is 13.6. The van der Waals surface area contributed by atoms with Gasteiger partial charge in [-0.15, -0.1) is 0 Å². The SMILES string of the molecule is O=C(Nc1c(F)cccc1F)c1ccc(Nc2ccc3c(c2)OCO3)nc1. The van der Waals surface area contributed by atoms with Gasteiger partial charge in [0, 0.05) is 18.0 Å². The number of fused-ring (bicyclic) bond motifs is 1. The van der Waals surface area contributed by atoms with Crippen molar-refractivity contribution < 1.29 is 23.0 Å². The number of carbonyl (C=O) groups excluding carboxylic acids is 1. The first-order valence-electron chi connectivity index (χ1n) is 7.98. The molecule has 0 bridgehead atoms. The Kier molecular flexibility index (Phi) is 4.29. The first-order chi connectivity index (χ1) is 13.1. The number of anilines is 3. The van der Waals surface area contributed by atoms with Crippen LogP contribution in [0.15, 0.2) is 54.7 Å². The molecular formula is C19H13F2N3O3. The van der Waals surface area contributed by atoms with Crippen molar-refractivity contribution in [2.24, 2.45) is 0 Å². The molecule has 1 aliphatic rings. The molecule has 0 saturated carbocycles. The summed E-state index contributed by atoms with van der Waals surface area (Å²) in [5, 5.41) is 5.28. The molecule has 0 spiro atoms. The number of benzene rings is 2. The van der Waals surface area contributed by atoms with Gasteiger partial charge in [-0.3, -0.25) is 4.79 Å². The molecule has 0 fully saturated rings. The van der Waals surface area contributed by atoms with Crippen LogP contribution >= 0.6 is 0 Å². The van der Waals surface area contributed by atoms with Gasteiger partial charge in [0.1, 0.15) is 23.1 Å². The van der Waals surface area contributed by atoms with E-state index in [1.54, 1.807) is 24.3 Å². The number of hydrogen-bond acceptors (Lipinski definition) is 5. The number of para-hydroxylation sites is 1. The van der Waals surface area contributed by atoms with E-state index in [4.69, 9.17) is 9.47 Å². The number of nitrogens with one attached hydrogen (secondary N) is 2. The number of amides is 1.